The highest BCUT2D eigenvalue weighted by molar-refractivity contribution is 6.07. The Morgan fingerprint density at radius 1 is 0.821 bits per heavy atom. The number of nitrogens with one attached hydrogen (secondary N) is 2. The molecular formula is C21H17N3O4. The molecule has 0 saturated heterocycles. The fraction of sp³-hybridized carbons (Fsp3) is 0.0476. The minimum atomic E-state index is -0.602. The maximum atomic E-state index is 12.3. The average Bonchev–Trinajstić information content (AvgIpc) is 2.73. The lowest BCUT2D eigenvalue weighted by Crippen LogP contribution is -2.22. The predicted octanol–water partition coefficient (Wildman–Crippen LogP) is 3.78. The fourth-order valence-corrected chi connectivity index (χ4v) is 2.61. The summed E-state index contributed by atoms with van der Waals surface area (Å²) in [6.45, 7) is 0.413. The van der Waals surface area contributed by atoms with Crippen molar-refractivity contribution in [1.29, 1.82) is 0 Å². The zero-order valence-electron chi connectivity index (χ0n) is 14.8. The summed E-state index contributed by atoms with van der Waals surface area (Å²) >= 11 is 0. The summed E-state index contributed by atoms with van der Waals surface area (Å²) in [6.07, 6.45) is 0. The van der Waals surface area contributed by atoms with Crippen molar-refractivity contribution in [1.82, 2.24) is 5.32 Å². The van der Waals surface area contributed by atoms with E-state index < -0.39 is 10.8 Å². The number of hydrogen-bond acceptors (Lipinski definition) is 4. The van der Waals surface area contributed by atoms with Crippen LogP contribution in [0.3, 0.4) is 0 Å². The number of anilines is 1. The zero-order valence-corrected chi connectivity index (χ0v) is 14.8. The van der Waals surface area contributed by atoms with E-state index in [1.54, 1.807) is 30.3 Å². The van der Waals surface area contributed by atoms with Gasteiger partial charge in [0.25, 0.3) is 17.5 Å². The molecule has 140 valence electrons. The van der Waals surface area contributed by atoms with E-state index >= 15 is 0 Å². The molecule has 3 aromatic carbocycles. The van der Waals surface area contributed by atoms with Gasteiger partial charge in [0.15, 0.2) is 0 Å². The van der Waals surface area contributed by atoms with Gasteiger partial charge in [-0.1, -0.05) is 42.5 Å². The van der Waals surface area contributed by atoms with E-state index in [0.717, 1.165) is 5.56 Å². The van der Waals surface area contributed by atoms with E-state index in [-0.39, 0.29) is 17.2 Å². The molecule has 0 atom stereocenters. The molecule has 3 aromatic rings. The van der Waals surface area contributed by atoms with Gasteiger partial charge in [-0.15, -0.1) is 0 Å². The monoisotopic (exact) mass is 375 g/mol. The molecule has 28 heavy (non-hydrogen) atoms. The Kier molecular flexibility index (Phi) is 5.76. The largest absolute Gasteiger partial charge is 0.348 e. The first-order valence-electron chi connectivity index (χ1n) is 8.51. The Labute approximate surface area is 161 Å². The summed E-state index contributed by atoms with van der Waals surface area (Å²) in [7, 11) is 0. The number of nitrogens with zero attached hydrogens (tertiary/aromatic N) is 1. The topological polar surface area (TPSA) is 101 Å². The van der Waals surface area contributed by atoms with Crippen LogP contribution >= 0.6 is 0 Å². The van der Waals surface area contributed by atoms with Crippen LogP contribution in [-0.2, 0) is 6.54 Å². The molecule has 7 nitrogen and oxygen atoms in total. The van der Waals surface area contributed by atoms with Gasteiger partial charge in [0.05, 0.1) is 4.92 Å². The first-order chi connectivity index (χ1) is 13.5. The minimum absolute atomic E-state index is 0.0304. The third-order valence-corrected chi connectivity index (χ3v) is 4.05. The van der Waals surface area contributed by atoms with Crippen LogP contribution in [0.5, 0.6) is 0 Å². The molecule has 0 radical (unpaired) electrons. The molecule has 3 rings (SSSR count). The Morgan fingerprint density at radius 3 is 2.14 bits per heavy atom. The molecule has 0 bridgehead atoms. The van der Waals surface area contributed by atoms with Crippen molar-refractivity contribution in [3.05, 3.63) is 106 Å². The van der Waals surface area contributed by atoms with Gasteiger partial charge in [-0.3, -0.25) is 19.7 Å². The Morgan fingerprint density at radius 2 is 1.46 bits per heavy atom. The maximum absolute atomic E-state index is 12.3. The highest BCUT2D eigenvalue weighted by Crippen LogP contribution is 2.19. The second-order valence-electron chi connectivity index (χ2n) is 5.97. The van der Waals surface area contributed by atoms with Crippen molar-refractivity contribution in [3.8, 4) is 0 Å². The Balaban J connectivity index is 1.63. The van der Waals surface area contributed by atoms with E-state index in [1.807, 2.05) is 30.3 Å². The summed E-state index contributed by atoms with van der Waals surface area (Å²) < 4.78 is 0. The third kappa shape index (κ3) is 4.59. The fourth-order valence-electron chi connectivity index (χ4n) is 2.61. The van der Waals surface area contributed by atoms with Crippen LogP contribution in [0.1, 0.15) is 26.3 Å². The van der Waals surface area contributed by atoms with Crippen molar-refractivity contribution < 1.29 is 14.5 Å². The molecule has 0 aliphatic carbocycles. The summed E-state index contributed by atoms with van der Waals surface area (Å²) in [5.41, 5.74) is 1.57. The summed E-state index contributed by atoms with van der Waals surface area (Å²) in [5.74, 6) is -0.825. The number of amides is 2. The molecule has 2 N–H and O–H groups in total. The number of hydrogen-bond donors (Lipinski definition) is 2. The molecule has 0 aliphatic heterocycles. The van der Waals surface area contributed by atoms with Crippen molar-refractivity contribution in [2.24, 2.45) is 0 Å². The lowest BCUT2D eigenvalue weighted by molar-refractivity contribution is -0.385. The van der Waals surface area contributed by atoms with Gasteiger partial charge in [-0.25, -0.2) is 0 Å². The average molecular weight is 375 g/mol. The number of nitro benzene ring substituents is 1. The summed E-state index contributed by atoms with van der Waals surface area (Å²) in [6, 6.07) is 21.6. The molecule has 0 aromatic heterocycles. The standard InChI is InChI=1S/C21H17N3O4/c25-20(22-14-15-6-2-1-3-7-15)16-10-12-17(13-11-16)23-21(26)18-8-4-5-9-19(18)24(27)28/h1-13H,14H2,(H,22,25)(H,23,26). The van der Waals surface area contributed by atoms with Crippen LogP contribution in [0.4, 0.5) is 11.4 Å². The van der Waals surface area contributed by atoms with Crippen LogP contribution < -0.4 is 10.6 Å². The number of benzene rings is 3. The normalized spacial score (nSPS) is 10.1. The first-order valence-corrected chi connectivity index (χ1v) is 8.51. The lowest BCUT2D eigenvalue weighted by Gasteiger charge is -2.08. The van der Waals surface area contributed by atoms with Gasteiger partial charge in [-0.2, -0.15) is 0 Å². The summed E-state index contributed by atoms with van der Waals surface area (Å²) in [4.78, 5) is 35.0. The quantitative estimate of drug-likeness (QED) is 0.506. The van der Waals surface area contributed by atoms with Crippen LogP contribution in [0.2, 0.25) is 0 Å². The number of carbonyl (C=O) groups excluding carboxylic acids is 2. The zero-order chi connectivity index (χ0) is 19.9. The van der Waals surface area contributed by atoms with Gasteiger partial charge < -0.3 is 10.6 Å². The van der Waals surface area contributed by atoms with Crippen molar-refractivity contribution in [3.63, 3.8) is 0 Å². The molecule has 2 amide bonds. The SMILES string of the molecule is O=C(NCc1ccccc1)c1ccc(NC(=O)c2ccccc2[N+](=O)[O-])cc1. The Bertz CT molecular complexity index is 1000. The second-order valence-corrected chi connectivity index (χ2v) is 5.97. The lowest BCUT2D eigenvalue weighted by atomic mass is 10.1. The molecule has 0 saturated carbocycles. The van der Waals surface area contributed by atoms with Gasteiger partial charge in [-0.05, 0) is 35.9 Å². The van der Waals surface area contributed by atoms with Crippen LogP contribution in [0, 0.1) is 10.1 Å². The van der Waals surface area contributed by atoms with Crippen molar-refractivity contribution in [2.45, 2.75) is 6.54 Å². The maximum Gasteiger partial charge on any atom is 0.282 e. The van der Waals surface area contributed by atoms with E-state index in [2.05, 4.69) is 10.6 Å². The third-order valence-electron chi connectivity index (χ3n) is 4.05. The molecule has 0 fully saturated rings. The Hall–Kier alpha value is -4.00. The number of para-hydroxylation sites is 1. The van der Waals surface area contributed by atoms with Crippen LogP contribution in [0.15, 0.2) is 78.9 Å². The molecule has 0 heterocycles. The second kappa shape index (κ2) is 8.59. The molecule has 0 spiro atoms. The van der Waals surface area contributed by atoms with E-state index in [4.69, 9.17) is 0 Å². The van der Waals surface area contributed by atoms with Crippen molar-refractivity contribution in [2.75, 3.05) is 5.32 Å². The van der Waals surface area contributed by atoms with Gasteiger partial charge in [0.1, 0.15) is 5.56 Å². The molecule has 0 aliphatic rings. The number of rotatable bonds is 6. The van der Waals surface area contributed by atoms with E-state index in [0.29, 0.717) is 17.8 Å². The highest BCUT2D eigenvalue weighted by atomic mass is 16.6. The summed E-state index contributed by atoms with van der Waals surface area (Å²) in [5, 5.41) is 16.5. The predicted molar refractivity (Wildman–Crippen MR) is 105 cm³/mol. The van der Waals surface area contributed by atoms with Gasteiger partial charge in [0.2, 0.25) is 0 Å². The molecule has 7 heteroatoms. The van der Waals surface area contributed by atoms with E-state index in [9.17, 15) is 19.7 Å². The number of nitro groups is 1. The number of carbonyl (C=O) groups is 2. The van der Waals surface area contributed by atoms with Crippen molar-refractivity contribution >= 4 is 23.2 Å². The van der Waals surface area contributed by atoms with Crippen LogP contribution in [-0.4, -0.2) is 16.7 Å². The molecular weight excluding hydrogens is 358 g/mol. The smallest absolute Gasteiger partial charge is 0.282 e. The molecule has 0 unspecified atom stereocenters. The first kappa shape index (κ1) is 18.8. The minimum Gasteiger partial charge on any atom is -0.348 e. The van der Waals surface area contributed by atoms with Gasteiger partial charge in [0, 0.05) is 23.9 Å². The van der Waals surface area contributed by atoms with Crippen LogP contribution in [0.25, 0.3) is 0 Å². The van der Waals surface area contributed by atoms with E-state index in [1.165, 1.54) is 18.2 Å². The highest BCUT2D eigenvalue weighted by Gasteiger charge is 2.19. The van der Waals surface area contributed by atoms with Gasteiger partial charge >= 0.3 is 0 Å².